The molecule has 0 aromatic heterocycles. The maximum absolute atomic E-state index is 12.0. The van der Waals surface area contributed by atoms with E-state index in [-0.39, 0.29) is 12.8 Å². The SMILES string of the molecule is CCOC(=O)C1(/C=C/c2ccc3c(c2)OCO3)CCC1. The fourth-order valence-electron chi connectivity index (χ4n) is 2.54. The summed E-state index contributed by atoms with van der Waals surface area (Å²) < 4.78 is 15.8. The van der Waals surface area contributed by atoms with E-state index in [0.29, 0.717) is 6.61 Å². The van der Waals surface area contributed by atoms with Crippen LogP contribution in [0.4, 0.5) is 0 Å². The molecule has 1 aliphatic carbocycles. The van der Waals surface area contributed by atoms with Gasteiger partial charge in [-0.1, -0.05) is 24.6 Å². The molecule has 4 heteroatoms. The van der Waals surface area contributed by atoms with Crippen LogP contribution in [0, 0.1) is 5.41 Å². The Morgan fingerprint density at radius 3 is 2.85 bits per heavy atom. The monoisotopic (exact) mass is 274 g/mol. The summed E-state index contributed by atoms with van der Waals surface area (Å²) in [5, 5.41) is 0. The van der Waals surface area contributed by atoms with Crippen LogP contribution < -0.4 is 9.47 Å². The molecule has 1 heterocycles. The summed E-state index contributed by atoms with van der Waals surface area (Å²) in [5.41, 5.74) is 0.580. The molecule has 0 atom stereocenters. The standard InChI is InChI=1S/C16H18O4/c1-2-18-15(17)16(7-3-8-16)9-6-12-4-5-13-14(10-12)20-11-19-13/h4-6,9-10H,2-3,7-8,11H2,1H3/b9-6+. The first-order chi connectivity index (χ1) is 9.73. The average molecular weight is 274 g/mol. The van der Waals surface area contributed by atoms with Crippen LogP contribution in [0.3, 0.4) is 0 Å². The van der Waals surface area contributed by atoms with Crippen molar-refractivity contribution in [2.45, 2.75) is 26.2 Å². The number of carbonyl (C=O) groups excluding carboxylic acids is 1. The maximum atomic E-state index is 12.0. The Bertz CT molecular complexity index is 543. The summed E-state index contributed by atoms with van der Waals surface area (Å²) >= 11 is 0. The highest BCUT2D eigenvalue weighted by atomic mass is 16.7. The average Bonchev–Trinajstić information content (AvgIpc) is 2.85. The molecule has 20 heavy (non-hydrogen) atoms. The molecule has 1 aromatic rings. The van der Waals surface area contributed by atoms with E-state index >= 15 is 0 Å². The first-order valence-electron chi connectivity index (χ1n) is 7.00. The molecule has 0 unspecified atom stereocenters. The van der Waals surface area contributed by atoms with Crippen molar-refractivity contribution in [3.8, 4) is 11.5 Å². The normalized spacial score (nSPS) is 18.9. The summed E-state index contributed by atoms with van der Waals surface area (Å²) in [6, 6.07) is 5.78. The van der Waals surface area contributed by atoms with Gasteiger partial charge < -0.3 is 14.2 Å². The second-order valence-corrected chi connectivity index (χ2v) is 5.18. The summed E-state index contributed by atoms with van der Waals surface area (Å²) in [6.07, 6.45) is 6.76. The van der Waals surface area contributed by atoms with Gasteiger partial charge in [0, 0.05) is 0 Å². The molecule has 0 amide bonds. The number of esters is 1. The molecule has 106 valence electrons. The van der Waals surface area contributed by atoms with Gasteiger partial charge >= 0.3 is 5.97 Å². The van der Waals surface area contributed by atoms with Gasteiger partial charge in [0.25, 0.3) is 0 Å². The summed E-state index contributed by atoms with van der Waals surface area (Å²) in [7, 11) is 0. The van der Waals surface area contributed by atoms with Crippen molar-refractivity contribution in [3.63, 3.8) is 0 Å². The minimum Gasteiger partial charge on any atom is -0.465 e. The van der Waals surface area contributed by atoms with Crippen LogP contribution in [0.25, 0.3) is 6.08 Å². The second kappa shape index (κ2) is 5.19. The van der Waals surface area contributed by atoms with Gasteiger partial charge in [-0.15, -0.1) is 0 Å². The molecular weight excluding hydrogens is 256 g/mol. The molecule has 3 rings (SSSR count). The highest BCUT2D eigenvalue weighted by Gasteiger charge is 2.43. The van der Waals surface area contributed by atoms with E-state index in [0.717, 1.165) is 36.3 Å². The van der Waals surface area contributed by atoms with Gasteiger partial charge in [0.2, 0.25) is 6.79 Å². The van der Waals surface area contributed by atoms with Gasteiger partial charge in [0.05, 0.1) is 12.0 Å². The summed E-state index contributed by atoms with van der Waals surface area (Å²) in [4.78, 5) is 12.0. The van der Waals surface area contributed by atoms with E-state index in [2.05, 4.69) is 0 Å². The van der Waals surface area contributed by atoms with E-state index < -0.39 is 5.41 Å². The van der Waals surface area contributed by atoms with Crippen molar-refractivity contribution in [1.29, 1.82) is 0 Å². The van der Waals surface area contributed by atoms with E-state index in [4.69, 9.17) is 14.2 Å². The minimum atomic E-state index is -0.424. The Kier molecular flexibility index (Phi) is 3.38. The lowest BCUT2D eigenvalue weighted by Gasteiger charge is -2.36. The highest BCUT2D eigenvalue weighted by molar-refractivity contribution is 5.81. The van der Waals surface area contributed by atoms with Crippen molar-refractivity contribution in [2.24, 2.45) is 5.41 Å². The predicted octanol–water partition coefficient (Wildman–Crippen LogP) is 3.16. The number of rotatable bonds is 4. The Balaban J connectivity index is 1.77. The molecular formula is C16H18O4. The minimum absolute atomic E-state index is 0.108. The number of ether oxygens (including phenoxy) is 3. The molecule has 0 saturated heterocycles. The van der Waals surface area contributed by atoms with Crippen LogP contribution in [0.15, 0.2) is 24.3 Å². The molecule has 0 N–H and O–H groups in total. The molecule has 0 spiro atoms. The smallest absolute Gasteiger partial charge is 0.315 e. The van der Waals surface area contributed by atoms with Crippen LogP contribution in [0.5, 0.6) is 11.5 Å². The fourth-order valence-corrected chi connectivity index (χ4v) is 2.54. The zero-order chi connectivity index (χ0) is 14.0. The van der Waals surface area contributed by atoms with Gasteiger partial charge in [0.15, 0.2) is 11.5 Å². The van der Waals surface area contributed by atoms with Crippen LogP contribution in [-0.2, 0) is 9.53 Å². The van der Waals surface area contributed by atoms with Crippen molar-refractivity contribution < 1.29 is 19.0 Å². The Hall–Kier alpha value is -1.97. The van der Waals surface area contributed by atoms with Crippen LogP contribution in [-0.4, -0.2) is 19.4 Å². The lowest BCUT2D eigenvalue weighted by molar-refractivity contribution is -0.156. The van der Waals surface area contributed by atoms with Gasteiger partial charge in [-0.25, -0.2) is 0 Å². The number of carbonyl (C=O) groups is 1. The first kappa shape index (κ1) is 13.0. The molecule has 0 bridgehead atoms. The molecule has 2 aliphatic rings. The summed E-state index contributed by atoms with van der Waals surface area (Å²) in [6.45, 7) is 2.54. The lowest BCUT2D eigenvalue weighted by Crippen LogP contribution is -2.37. The van der Waals surface area contributed by atoms with Crippen molar-refractivity contribution in [3.05, 3.63) is 29.8 Å². The van der Waals surface area contributed by atoms with Crippen LogP contribution >= 0.6 is 0 Å². The van der Waals surface area contributed by atoms with Crippen LogP contribution in [0.1, 0.15) is 31.7 Å². The third kappa shape index (κ3) is 2.26. The van der Waals surface area contributed by atoms with Gasteiger partial charge in [0.1, 0.15) is 0 Å². The molecule has 1 saturated carbocycles. The number of fused-ring (bicyclic) bond motifs is 1. The van der Waals surface area contributed by atoms with Gasteiger partial charge in [-0.2, -0.15) is 0 Å². The Morgan fingerprint density at radius 1 is 1.35 bits per heavy atom. The zero-order valence-electron chi connectivity index (χ0n) is 11.6. The maximum Gasteiger partial charge on any atom is 0.315 e. The molecule has 1 fully saturated rings. The van der Waals surface area contributed by atoms with Gasteiger partial charge in [-0.3, -0.25) is 4.79 Å². The van der Waals surface area contributed by atoms with E-state index in [1.165, 1.54) is 0 Å². The van der Waals surface area contributed by atoms with E-state index in [1.54, 1.807) is 0 Å². The molecule has 4 nitrogen and oxygen atoms in total. The fraction of sp³-hybridized carbons (Fsp3) is 0.438. The molecule has 1 aromatic carbocycles. The van der Waals surface area contributed by atoms with E-state index in [9.17, 15) is 4.79 Å². The first-order valence-corrected chi connectivity index (χ1v) is 7.00. The quantitative estimate of drug-likeness (QED) is 0.791. The Labute approximate surface area is 118 Å². The molecule has 0 radical (unpaired) electrons. The number of benzene rings is 1. The number of hydrogen-bond acceptors (Lipinski definition) is 4. The lowest BCUT2D eigenvalue weighted by atomic mass is 9.68. The zero-order valence-corrected chi connectivity index (χ0v) is 11.6. The Morgan fingerprint density at radius 2 is 2.15 bits per heavy atom. The topological polar surface area (TPSA) is 44.8 Å². The van der Waals surface area contributed by atoms with Crippen molar-refractivity contribution in [1.82, 2.24) is 0 Å². The van der Waals surface area contributed by atoms with E-state index in [1.807, 2.05) is 37.3 Å². The predicted molar refractivity (Wildman–Crippen MR) is 74.5 cm³/mol. The third-order valence-corrected chi connectivity index (χ3v) is 3.92. The largest absolute Gasteiger partial charge is 0.465 e. The second-order valence-electron chi connectivity index (χ2n) is 5.18. The third-order valence-electron chi connectivity index (χ3n) is 3.92. The molecule has 1 aliphatic heterocycles. The van der Waals surface area contributed by atoms with Gasteiger partial charge in [-0.05, 0) is 37.5 Å². The van der Waals surface area contributed by atoms with Crippen molar-refractivity contribution >= 4 is 12.0 Å². The highest BCUT2D eigenvalue weighted by Crippen LogP contribution is 2.44. The van der Waals surface area contributed by atoms with Crippen LogP contribution in [0.2, 0.25) is 0 Å². The summed E-state index contributed by atoms with van der Waals surface area (Å²) in [5.74, 6) is 1.42. The van der Waals surface area contributed by atoms with Crippen molar-refractivity contribution in [2.75, 3.05) is 13.4 Å². The number of hydrogen-bond donors (Lipinski definition) is 0.